The first-order chi connectivity index (χ1) is 5.33. The zero-order valence-electron chi connectivity index (χ0n) is 6.68. The Kier molecular flexibility index (Phi) is 1.87. The van der Waals surface area contributed by atoms with Crippen LogP contribution in [0.15, 0.2) is 0 Å². The Labute approximate surface area is 66.7 Å². The second kappa shape index (κ2) is 2.73. The second-order valence-corrected chi connectivity index (χ2v) is 3.50. The molecule has 3 nitrogen and oxygen atoms in total. The molecule has 0 saturated carbocycles. The zero-order chi connectivity index (χ0) is 7.73. The van der Waals surface area contributed by atoms with Gasteiger partial charge in [-0.05, 0) is 25.8 Å². The lowest BCUT2D eigenvalue weighted by molar-refractivity contribution is -0.00650. The van der Waals surface area contributed by atoms with Crippen molar-refractivity contribution in [2.24, 2.45) is 0 Å². The predicted molar refractivity (Wildman–Crippen MR) is 41.4 cm³/mol. The van der Waals surface area contributed by atoms with Crippen LogP contribution in [0.25, 0.3) is 0 Å². The van der Waals surface area contributed by atoms with Crippen molar-refractivity contribution in [3.8, 4) is 0 Å². The minimum absolute atomic E-state index is 0.0122. The van der Waals surface area contributed by atoms with Crippen LogP contribution in [0.4, 0.5) is 0 Å². The molecule has 3 heteroatoms. The van der Waals surface area contributed by atoms with Gasteiger partial charge in [0, 0.05) is 18.8 Å². The topological polar surface area (TPSA) is 41.5 Å². The van der Waals surface area contributed by atoms with Crippen LogP contribution < -0.4 is 5.32 Å². The molecule has 11 heavy (non-hydrogen) atoms. The van der Waals surface area contributed by atoms with Crippen molar-refractivity contribution >= 4 is 0 Å². The van der Waals surface area contributed by atoms with E-state index in [-0.39, 0.29) is 11.6 Å². The molecule has 0 aliphatic carbocycles. The van der Waals surface area contributed by atoms with E-state index in [1.165, 1.54) is 0 Å². The normalized spacial score (nSPS) is 36.3. The third kappa shape index (κ3) is 1.17. The number of rotatable bonds is 0. The van der Waals surface area contributed by atoms with Crippen molar-refractivity contribution in [1.82, 2.24) is 5.32 Å². The molecule has 2 aliphatic rings. The summed E-state index contributed by atoms with van der Waals surface area (Å²) in [7, 11) is 0. The van der Waals surface area contributed by atoms with Gasteiger partial charge in [-0.15, -0.1) is 0 Å². The monoisotopic (exact) mass is 157 g/mol. The number of aliphatic hydroxyl groups excluding tert-OH is 1. The smallest absolute Gasteiger partial charge is 0.0735 e. The molecule has 64 valence electrons. The van der Waals surface area contributed by atoms with Crippen molar-refractivity contribution < 1.29 is 9.84 Å². The van der Waals surface area contributed by atoms with Crippen molar-refractivity contribution in [3.63, 3.8) is 0 Å². The fraction of sp³-hybridized carbons (Fsp3) is 1.00. The first kappa shape index (κ1) is 7.53. The van der Waals surface area contributed by atoms with Crippen LogP contribution in [0.2, 0.25) is 0 Å². The summed E-state index contributed by atoms with van der Waals surface area (Å²) in [6, 6.07) is 0. The highest BCUT2D eigenvalue weighted by atomic mass is 16.5. The maximum atomic E-state index is 9.69. The van der Waals surface area contributed by atoms with E-state index in [1.54, 1.807) is 0 Å². The first-order valence-corrected chi connectivity index (χ1v) is 4.34. The summed E-state index contributed by atoms with van der Waals surface area (Å²) in [6.45, 7) is 2.55. The third-order valence-electron chi connectivity index (χ3n) is 2.92. The van der Waals surface area contributed by atoms with Crippen molar-refractivity contribution in [1.29, 1.82) is 0 Å². The van der Waals surface area contributed by atoms with Gasteiger partial charge in [-0.3, -0.25) is 0 Å². The van der Waals surface area contributed by atoms with Gasteiger partial charge in [-0.1, -0.05) is 0 Å². The lowest BCUT2D eigenvalue weighted by Gasteiger charge is -2.36. The summed E-state index contributed by atoms with van der Waals surface area (Å²) in [4.78, 5) is 0. The summed E-state index contributed by atoms with van der Waals surface area (Å²) in [5.74, 6) is 0. The molecule has 2 aliphatic heterocycles. The SMILES string of the molecule is OC1CCNC12CCOCC2. The molecule has 1 atom stereocenters. The molecule has 0 aromatic rings. The Bertz CT molecular complexity index is 143. The van der Waals surface area contributed by atoms with Gasteiger partial charge < -0.3 is 15.2 Å². The summed E-state index contributed by atoms with van der Waals surface area (Å²) in [6.07, 6.45) is 2.69. The maximum absolute atomic E-state index is 9.69. The summed E-state index contributed by atoms with van der Waals surface area (Å²) in [5.41, 5.74) is 0.0122. The quantitative estimate of drug-likeness (QED) is 0.515. The molecule has 0 aromatic carbocycles. The van der Waals surface area contributed by atoms with E-state index in [4.69, 9.17) is 4.74 Å². The number of nitrogens with one attached hydrogen (secondary N) is 1. The Morgan fingerprint density at radius 1 is 1.36 bits per heavy atom. The minimum Gasteiger partial charge on any atom is -0.391 e. The lowest BCUT2D eigenvalue weighted by atomic mass is 9.86. The second-order valence-electron chi connectivity index (χ2n) is 3.50. The molecule has 2 N–H and O–H groups in total. The Morgan fingerprint density at radius 3 is 2.64 bits per heavy atom. The minimum atomic E-state index is -0.147. The molecular weight excluding hydrogens is 142 g/mol. The Balaban J connectivity index is 2.06. The molecule has 0 radical (unpaired) electrons. The van der Waals surface area contributed by atoms with Crippen LogP contribution in [0.1, 0.15) is 19.3 Å². The van der Waals surface area contributed by atoms with E-state index in [0.717, 1.165) is 39.0 Å². The molecule has 2 saturated heterocycles. The van der Waals surface area contributed by atoms with E-state index in [0.29, 0.717) is 0 Å². The maximum Gasteiger partial charge on any atom is 0.0735 e. The van der Waals surface area contributed by atoms with E-state index in [1.807, 2.05) is 0 Å². The van der Waals surface area contributed by atoms with E-state index >= 15 is 0 Å². The summed E-state index contributed by atoms with van der Waals surface area (Å²) >= 11 is 0. The standard InChI is InChI=1S/C8H15NO2/c10-7-1-4-9-8(7)2-5-11-6-3-8/h7,9-10H,1-6H2. The average Bonchev–Trinajstić information content (AvgIpc) is 2.36. The van der Waals surface area contributed by atoms with E-state index in [9.17, 15) is 5.11 Å². The van der Waals surface area contributed by atoms with Crippen LogP contribution in [-0.4, -0.2) is 36.5 Å². The Morgan fingerprint density at radius 2 is 2.09 bits per heavy atom. The van der Waals surface area contributed by atoms with Gasteiger partial charge in [-0.25, -0.2) is 0 Å². The van der Waals surface area contributed by atoms with Crippen molar-refractivity contribution in [2.75, 3.05) is 19.8 Å². The molecule has 0 aromatic heterocycles. The molecule has 2 heterocycles. The largest absolute Gasteiger partial charge is 0.391 e. The molecule has 1 unspecified atom stereocenters. The van der Waals surface area contributed by atoms with Gasteiger partial charge in [0.05, 0.1) is 6.10 Å². The van der Waals surface area contributed by atoms with Crippen molar-refractivity contribution in [2.45, 2.75) is 30.9 Å². The molecule has 0 bridgehead atoms. The van der Waals surface area contributed by atoms with Crippen LogP contribution in [-0.2, 0) is 4.74 Å². The first-order valence-electron chi connectivity index (χ1n) is 4.34. The van der Waals surface area contributed by atoms with Crippen molar-refractivity contribution in [3.05, 3.63) is 0 Å². The molecule has 1 spiro atoms. The fourth-order valence-corrected chi connectivity index (χ4v) is 2.10. The van der Waals surface area contributed by atoms with Gasteiger partial charge in [0.2, 0.25) is 0 Å². The van der Waals surface area contributed by atoms with Crippen LogP contribution in [0.3, 0.4) is 0 Å². The molecule has 0 amide bonds. The van der Waals surface area contributed by atoms with E-state index in [2.05, 4.69) is 5.32 Å². The predicted octanol–water partition coefficient (Wildman–Crippen LogP) is -0.110. The van der Waals surface area contributed by atoms with Crippen LogP contribution in [0.5, 0.6) is 0 Å². The highest BCUT2D eigenvalue weighted by Crippen LogP contribution is 2.29. The zero-order valence-corrected chi connectivity index (χ0v) is 6.68. The molecule has 2 fully saturated rings. The van der Waals surface area contributed by atoms with Crippen LogP contribution in [0, 0.1) is 0 Å². The highest BCUT2D eigenvalue weighted by molar-refractivity contribution is 5.00. The van der Waals surface area contributed by atoms with Gasteiger partial charge >= 0.3 is 0 Å². The van der Waals surface area contributed by atoms with Crippen LogP contribution >= 0.6 is 0 Å². The number of aliphatic hydroxyl groups is 1. The summed E-state index contributed by atoms with van der Waals surface area (Å²) in [5, 5.41) is 13.1. The van der Waals surface area contributed by atoms with Gasteiger partial charge in [-0.2, -0.15) is 0 Å². The van der Waals surface area contributed by atoms with Gasteiger partial charge in [0.1, 0.15) is 0 Å². The summed E-state index contributed by atoms with van der Waals surface area (Å²) < 4.78 is 5.25. The lowest BCUT2D eigenvalue weighted by Crippen LogP contribution is -2.51. The van der Waals surface area contributed by atoms with Gasteiger partial charge in [0.25, 0.3) is 0 Å². The average molecular weight is 157 g/mol. The third-order valence-corrected chi connectivity index (χ3v) is 2.92. The molecular formula is C8H15NO2. The van der Waals surface area contributed by atoms with E-state index < -0.39 is 0 Å². The number of hydrogen-bond acceptors (Lipinski definition) is 3. The fourth-order valence-electron chi connectivity index (χ4n) is 2.10. The Hall–Kier alpha value is -0.120. The highest BCUT2D eigenvalue weighted by Gasteiger charge is 2.42. The molecule has 2 rings (SSSR count). The number of hydrogen-bond donors (Lipinski definition) is 2. The van der Waals surface area contributed by atoms with Gasteiger partial charge in [0.15, 0.2) is 0 Å². The number of ether oxygens (including phenoxy) is 1.